The fourth-order valence-electron chi connectivity index (χ4n) is 4.52. The van der Waals surface area contributed by atoms with E-state index >= 15 is 0 Å². The smallest absolute Gasteiger partial charge is 0.416 e. The topological polar surface area (TPSA) is 72.9 Å². The number of ether oxygens (including phenoxy) is 1. The van der Waals surface area contributed by atoms with E-state index in [0.29, 0.717) is 34.1 Å². The van der Waals surface area contributed by atoms with Gasteiger partial charge in [0.2, 0.25) is 0 Å². The highest BCUT2D eigenvalue weighted by molar-refractivity contribution is 5.88. The average Bonchev–Trinajstić information content (AvgIpc) is 2.83. The number of alkyl halides is 9. The second-order valence-electron chi connectivity index (χ2n) is 8.73. The minimum Gasteiger partial charge on any atom is -0.530 e. The van der Waals surface area contributed by atoms with Crippen LogP contribution in [0.1, 0.15) is 53.6 Å². The van der Waals surface area contributed by atoms with E-state index < -0.39 is 71.6 Å². The van der Waals surface area contributed by atoms with Gasteiger partial charge in [-0.2, -0.15) is 39.5 Å². The van der Waals surface area contributed by atoms with Gasteiger partial charge in [-0.1, -0.05) is 6.92 Å². The van der Waals surface area contributed by atoms with Crippen LogP contribution in [0.3, 0.4) is 0 Å². The first-order chi connectivity index (χ1) is 17.9. The molecule has 2 atom stereocenters. The van der Waals surface area contributed by atoms with E-state index in [0.717, 1.165) is 13.2 Å². The molecule has 0 bridgehead atoms. The maximum Gasteiger partial charge on any atom is 0.416 e. The maximum atomic E-state index is 13.5. The van der Waals surface area contributed by atoms with Crippen molar-refractivity contribution in [2.24, 2.45) is 0 Å². The number of rotatable bonds is 4. The van der Waals surface area contributed by atoms with Gasteiger partial charge in [-0.05, 0) is 60.4 Å². The Balaban J connectivity index is 2.22. The van der Waals surface area contributed by atoms with Crippen molar-refractivity contribution in [3.63, 3.8) is 0 Å². The molecule has 15 heteroatoms. The molecule has 0 fully saturated rings. The van der Waals surface area contributed by atoms with Crippen molar-refractivity contribution in [3.05, 3.63) is 64.2 Å². The molecule has 2 aromatic carbocycles. The second-order valence-corrected chi connectivity index (χ2v) is 8.73. The lowest BCUT2D eigenvalue weighted by Crippen LogP contribution is -2.52. The summed E-state index contributed by atoms with van der Waals surface area (Å²) in [6.07, 6.45) is -18.6. The van der Waals surface area contributed by atoms with E-state index in [1.54, 1.807) is 0 Å². The molecular weight excluding hydrogens is 551 g/mol. The van der Waals surface area contributed by atoms with Crippen molar-refractivity contribution in [1.29, 1.82) is 0 Å². The van der Waals surface area contributed by atoms with Crippen molar-refractivity contribution in [1.82, 2.24) is 4.90 Å². The van der Waals surface area contributed by atoms with E-state index in [9.17, 15) is 54.2 Å². The number of benzene rings is 2. The summed E-state index contributed by atoms with van der Waals surface area (Å²) in [6, 6.07) is 0.312. The molecule has 0 radical (unpaired) electrons. The maximum absolute atomic E-state index is 13.5. The molecule has 0 saturated heterocycles. The number of amides is 2. The monoisotopic (exact) mass is 571 g/mol. The minimum atomic E-state index is -5.19. The van der Waals surface area contributed by atoms with Gasteiger partial charge in [-0.3, -0.25) is 4.90 Å². The van der Waals surface area contributed by atoms with Crippen LogP contribution in [0.15, 0.2) is 36.4 Å². The zero-order chi connectivity index (χ0) is 29.5. The zero-order valence-electron chi connectivity index (χ0n) is 20.2. The van der Waals surface area contributed by atoms with E-state index in [1.807, 2.05) is 0 Å². The molecule has 2 amide bonds. The molecule has 0 aliphatic carbocycles. The average molecular weight is 571 g/mol. The number of halogens is 9. The third-order valence-electron chi connectivity index (χ3n) is 6.29. The molecule has 3 rings (SSSR count). The Morgan fingerprint density at radius 2 is 1.46 bits per heavy atom. The summed E-state index contributed by atoms with van der Waals surface area (Å²) in [7, 11) is 0.864. The van der Waals surface area contributed by atoms with Crippen LogP contribution in [-0.2, 0) is 29.8 Å². The Bertz CT molecular complexity index is 1210. The third kappa shape index (κ3) is 6.33. The predicted octanol–water partition coefficient (Wildman–Crippen LogP) is 6.38. The van der Waals surface area contributed by atoms with Crippen molar-refractivity contribution in [2.75, 3.05) is 12.0 Å². The van der Waals surface area contributed by atoms with E-state index in [2.05, 4.69) is 4.74 Å². The van der Waals surface area contributed by atoms with Gasteiger partial charge in [0.05, 0.1) is 29.8 Å². The molecular formula is C24H20F9N2O4-. The fourth-order valence-corrected chi connectivity index (χ4v) is 4.52. The van der Waals surface area contributed by atoms with E-state index in [-0.39, 0.29) is 30.2 Å². The molecule has 0 unspecified atom stereocenters. The first-order valence-corrected chi connectivity index (χ1v) is 11.2. The fraction of sp³-hybridized carbons (Fsp3) is 0.417. The lowest BCUT2D eigenvalue weighted by molar-refractivity contribution is -0.247. The normalized spacial score (nSPS) is 18.0. The summed E-state index contributed by atoms with van der Waals surface area (Å²) < 4.78 is 125. The molecule has 1 aliphatic heterocycles. The number of anilines is 1. The van der Waals surface area contributed by atoms with Gasteiger partial charge < -0.3 is 19.5 Å². The molecule has 0 N–H and O–H groups in total. The standard InChI is InChI=1S/C24H21F9N2O4/c1-3-16-10-19(17-9-13(22(25,26)27)4-5-18(17)35(16)20(36)37)34(21(38)39-2)11-12-6-14(23(28,29)30)8-15(7-12)24(31,32)33/h4-9,16,19H,3,10-11H2,1-2H3,(H,36,37)/p-1/t16-,19+/m1/s1. The summed E-state index contributed by atoms with van der Waals surface area (Å²) in [4.78, 5) is 26.0. The third-order valence-corrected chi connectivity index (χ3v) is 6.29. The van der Waals surface area contributed by atoms with Crippen LogP contribution in [0.2, 0.25) is 0 Å². The van der Waals surface area contributed by atoms with Gasteiger partial charge >= 0.3 is 24.6 Å². The van der Waals surface area contributed by atoms with Gasteiger partial charge in [0, 0.05) is 18.3 Å². The van der Waals surface area contributed by atoms with Crippen LogP contribution in [0.5, 0.6) is 0 Å². The molecule has 214 valence electrons. The van der Waals surface area contributed by atoms with Crippen LogP contribution < -0.4 is 10.0 Å². The van der Waals surface area contributed by atoms with Gasteiger partial charge in [0.1, 0.15) is 6.09 Å². The van der Waals surface area contributed by atoms with Gasteiger partial charge in [0.25, 0.3) is 0 Å². The molecule has 6 nitrogen and oxygen atoms in total. The Morgan fingerprint density at radius 1 is 0.923 bits per heavy atom. The minimum absolute atomic E-state index is 0.0851. The molecule has 0 aromatic heterocycles. The summed E-state index contributed by atoms with van der Waals surface area (Å²) in [5.74, 6) is 0. The summed E-state index contributed by atoms with van der Waals surface area (Å²) in [5.41, 5.74) is -5.80. The van der Waals surface area contributed by atoms with E-state index in [1.165, 1.54) is 6.92 Å². The van der Waals surface area contributed by atoms with Crippen LogP contribution in [0.4, 0.5) is 54.8 Å². The number of hydrogen-bond donors (Lipinski definition) is 0. The van der Waals surface area contributed by atoms with Crippen LogP contribution in [-0.4, -0.2) is 30.2 Å². The number of fused-ring (bicyclic) bond motifs is 1. The van der Waals surface area contributed by atoms with Crippen LogP contribution >= 0.6 is 0 Å². The van der Waals surface area contributed by atoms with Crippen molar-refractivity contribution in [2.45, 2.75) is 56.9 Å². The highest BCUT2D eigenvalue weighted by atomic mass is 19.4. The number of hydrogen-bond acceptors (Lipinski definition) is 4. The molecule has 1 aliphatic rings. The Morgan fingerprint density at radius 3 is 1.90 bits per heavy atom. The van der Waals surface area contributed by atoms with E-state index in [4.69, 9.17) is 0 Å². The quantitative estimate of drug-likeness (QED) is 0.399. The van der Waals surface area contributed by atoms with Gasteiger partial charge in [-0.25, -0.2) is 4.79 Å². The summed E-state index contributed by atoms with van der Waals surface area (Å²) in [5, 5.41) is 11.9. The highest BCUT2D eigenvalue weighted by Gasteiger charge is 2.41. The number of carbonyl (C=O) groups is 2. The lowest BCUT2D eigenvalue weighted by atomic mass is 9.87. The molecule has 39 heavy (non-hydrogen) atoms. The first-order valence-electron chi connectivity index (χ1n) is 11.2. The summed E-state index contributed by atoms with van der Waals surface area (Å²) >= 11 is 0. The molecule has 2 aromatic rings. The highest BCUT2D eigenvalue weighted by Crippen LogP contribution is 2.45. The predicted molar refractivity (Wildman–Crippen MR) is 115 cm³/mol. The number of methoxy groups -OCH3 is 1. The Hall–Kier alpha value is -3.65. The lowest BCUT2D eigenvalue weighted by Gasteiger charge is -2.45. The van der Waals surface area contributed by atoms with Crippen molar-refractivity contribution < 1.29 is 58.9 Å². The Kier molecular flexibility index (Phi) is 8.04. The molecule has 0 spiro atoms. The first kappa shape index (κ1) is 29.9. The van der Waals surface area contributed by atoms with Gasteiger partial charge in [-0.15, -0.1) is 0 Å². The van der Waals surface area contributed by atoms with Crippen molar-refractivity contribution >= 4 is 17.9 Å². The summed E-state index contributed by atoms with van der Waals surface area (Å²) in [6.45, 7) is 0.611. The Labute approximate surface area is 215 Å². The number of carboxylic acid groups (broad SMARTS) is 1. The van der Waals surface area contributed by atoms with Crippen LogP contribution in [0.25, 0.3) is 0 Å². The number of carbonyl (C=O) groups excluding carboxylic acids is 2. The van der Waals surface area contributed by atoms with Crippen molar-refractivity contribution in [3.8, 4) is 0 Å². The molecule has 0 saturated carbocycles. The SMILES string of the molecule is CC[C@@H]1C[C@H](N(Cc2cc(C(F)(F)F)cc(C(F)(F)F)c2)C(=O)OC)c2cc(C(F)(F)F)ccc2N1C(=O)[O-]. The van der Waals surface area contributed by atoms with Gasteiger partial charge in [0.15, 0.2) is 0 Å². The number of nitrogens with zero attached hydrogens (tertiary/aromatic N) is 2. The second kappa shape index (κ2) is 10.5. The largest absolute Gasteiger partial charge is 0.530 e. The van der Waals surface area contributed by atoms with Crippen LogP contribution in [0, 0.1) is 0 Å². The zero-order valence-corrected chi connectivity index (χ0v) is 20.2. The molecule has 1 heterocycles.